The van der Waals surface area contributed by atoms with E-state index in [9.17, 15) is 4.79 Å². The van der Waals surface area contributed by atoms with Crippen molar-refractivity contribution in [1.82, 2.24) is 0 Å². The highest BCUT2D eigenvalue weighted by molar-refractivity contribution is 5.66. The van der Waals surface area contributed by atoms with Crippen LogP contribution in [-0.2, 0) is 14.3 Å². The summed E-state index contributed by atoms with van der Waals surface area (Å²) < 4.78 is 12.2. The summed E-state index contributed by atoms with van der Waals surface area (Å²) in [6, 6.07) is 0. The Morgan fingerprint density at radius 3 is 2.47 bits per heavy atom. The fourth-order valence-corrected chi connectivity index (χ4v) is 10.0. The van der Waals surface area contributed by atoms with E-state index in [1.165, 1.54) is 64.2 Å². The lowest BCUT2D eigenvalue weighted by atomic mass is 9.44. The van der Waals surface area contributed by atoms with Crippen molar-refractivity contribution in [2.24, 2.45) is 46.3 Å². The van der Waals surface area contributed by atoms with E-state index in [0.29, 0.717) is 5.41 Å². The molecule has 32 heavy (non-hydrogen) atoms. The van der Waals surface area contributed by atoms with Crippen molar-refractivity contribution in [3.63, 3.8) is 0 Å². The van der Waals surface area contributed by atoms with Crippen LogP contribution >= 0.6 is 0 Å². The largest absolute Gasteiger partial charge is 0.460 e. The average molecular weight is 445 g/mol. The van der Waals surface area contributed by atoms with Gasteiger partial charge in [0.1, 0.15) is 17.8 Å². The van der Waals surface area contributed by atoms with Crippen molar-refractivity contribution in [2.75, 3.05) is 0 Å². The normalized spacial score (nSPS) is 50.1. The van der Waals surface area contributed by atoms with Crippen molar-refractivity contribution in [1.29, 1.82) is 0 Å². The Kier molecular flexibility index (Phi) is 5.79. The Labute approximate surface area is 196 Å². The maximum Gasteiger partial charge on any atom is 0.302 e. The number of rotatable bonds is 6. The zero-order valence-corrected chi connectivity index (χ0v) is 21.6. The monoisotopic (exact) mass is 444 g/mol. The molecule has 5 fully saturated rings. The van der Waals surface area contributed by atoms with Gasteiger partial charge in [0.25, 0.3) is 0 Å². The van der Waals surface area contributed by atoms with Gasteiger partial charge >= 0.3 is 5.97 Å². The minimum Gasteiger partial charge on any atom is -0.460 e. The van der Waals surface area contributed by atoms with Gasteiger partial charge in [0.15, 0.2) is 0 Å². The molecule has 1 saturated heterocycles. The van der Waals surface area contributed by atoms with Gasteiger partial charge in [-0.3, -0.25) is 4.79 Å². The quantitative estimate of drug-likeness (QED) is 0.322. The Morgan fingerprint density at radius 2 is 1.75 bits per heavy atom. The van der Waals surface area contributed by atoms with Crippen LogP contribution in [0.2, 0.25) is 0 Å². The van der Waals surface area contributed by atoms with Crippen LogP contribution in [0.4, 0.5) is 0 Å². The Balaban J connectivity index is 1.30. The summed E-state index contributed by atoms with van der Waals surface area (Å²) in [5.74, 6) is 5.08. The molecule has 0 N–H and O–H groups in total. The molecule has 1 spiro atoms. The Hall–Kier alpha value is -0.570. The number of hydrogen-bond acceptors (Lipinski definition) is 3. The molecule has 5 aliphatic rings. The second-order valence-corrected chi connectivity index (χ2v) is 13.5. The predicted molar refractivity (Wildman–Crippen MR) is 128 cm³/mol. The maximum atomic E-state index is 11.6. The highest BCUT2D eigenvalue weighted by atomic mass is 16.6. The van der Waals surface area contributed by atoms with Gasteiger partial charge in [0.2, 0.25) is 0 Å². The third-order valence-corrected chi connectivity index (χ3v) is 11.6. The lowest BCUT2D eigenvalue weighted by Gasteiger charge is -2.60. The van der Waals surface area contributed by atoms with Crippen LogP contribution < -0.4 is 0 Å². The first-order valence-electron chi connectivity index (χ1n) is 14.0. The van der Waals surface area contributed by atoms with Gasteiger partial charge in [-0.05, 0) is 92.3 Å². The van der Waals surface area contributed by atoms with Crippen LogP contribution in [0.5, 0.6) is 0 Å². The van der Waals surface area contributed by atoms with Crippen molar-refractivity contribution in [3.8, 4) is 0 Å². The zero-order chi connectivity index (χ0) is 22.9. The van der Waals surface area contributed by atoms with Crippen LogP contribution in [0, 0.1) is 46.3 Å². The number of esters is 1. The Bertz CT molecular complexity index is 732. The van der Waals surface area contributed by atoms with E-state index in [4.69, 9.17) is 9.47 Å². The zero-order valence-electron chi connectivity index (χ0n) is 21.6. The smallest absolute Gasteiger partial charge is 0.302 e. The van der Waals surface area contributed by atoms with Crippen molar-refractivity contribution >= 4 is 5.97 Å². The summed E-state index contributed by atoms with van der Waals surface area (Å²) in [7, 11) is 0. The molecule has 3 heteroatoms. The molecule has 1 aliphatic heterocycles. The molecule has 3 nitrogen and oxygen atoms in total. The molecule has 0 aromatic carbocycles. The lowest BCUT2D eigenvalue weighted by Crippen LogP contribution is -2.59. The van der Waals surface area contributed by atoms with Gasteiger partial charge in [0, 0.05) is 12.3 Å². The standard InChI is InChI=1S/C29H48O3/c1-18(2)8-7-9-19(3)22-10-11-23-21-12-17-29-26(32-29)25(31-20(4)30)14-16-28(29,6)24(21)13-15-27(22,23)5/h18-19,21-26H,7-17H2,1-6H3/t19-,21-,22+,23-,24-,25-,26+,27+,28+,29+/m0/s1. The van der Waals surface area contributed by atoms with Crippen molar-refractivity contribution in [2.45, 2.75) is 130 Å². The summed E-state index contributed by atoms with van der Waals surface area (Å²) in [5, 5.41) is 0. The van der Waals surface area contributed by atoms with Crippen LogP contribution in [-0.4, -0.2) is 23.8 Å². The number of carbonyl (C=O) groups is 1. The van der Waals surface area contributed by atoms with Crippen molar-refractivity contribution in [3.05, 3.63) is 0 Å². The first-order valence-corrected chi connectivity index (χ1v) is 14.0. The number of ether oxygens (including phenoxy) is 2. The SMILES string of the molecule is CC(=O)O[C@H]1CC[C@]2(C)[C@H]3CC[C@]4(C)[C@@H]([C@@H](C)CCCC(C)C)CC[C@H]4[C@@H]3CC[C@]23O[C@H]13. The van der Waals surface area contributed by atoms with Crippen LogP contribution in [0.1, 0.15) is 112 Å². The summed E-state index contributed by atoms with van der Waals surface area (Å²) in [4.78, 5) is 11.6. The third kappa shape index (κ3) is 3.34. The topological polar surface area (TPSA) is 38.8 Å². The van der Waals surface area contributed by atoms with E-state index in [2.05, 4.69) is 34.6 Å². The first-order chi connectivity index (χ1) is 15.1. The molecule has 5 rings (SSSR count). The summed E-state index contributed by atoms with van der Waals surface area (Å²) in [6.07, 6.45) is 14.8. The van der Waals surface area contributed by atoms with E-state index in [1.807, 2.05) is 0 Å². The molecule has 0 bridgehead atoms. The highest BCUT2D eigenvalue weighted by Gasteiger charge is 2.76. The van der Waals surface area contributed by atoms with Gasteiger partial charge < -0.3 is 9.47 Å². The molecular formula is C29H48O3. The molecule has 4 saturated carbocycles. The van der Waals surface area contributed by atoms with Gasteiger partial charge in [-0.2, -0.15) is 0 Å². The maximum absolute atomic E-state index is 11.6. The van der Waals surface area contributed by atoms with Gasteiger partial charge in [-0.25, -0.2) is 0 Å². The first kappa shape index (κ1) is 23.2. The third-order valence-electron chi connectivity index (χ3n) is 11.6. The highest BCUT2D eigenvalue weighted by Crippen LogP contribution is 2.73. The number of carbonyl (C=O) groups excluding carboxylic acids is 1. The molecule has 10 atom stereocenters. The fraction of sp³-hybridized carbons (Fsp3) is 0.966. The van der Waals surface area contributed by atoms with Crippen LogP contribution in [0.15, 0.2) is 0 Å². The van der Waals surface area contributed by atoms with E-state index < -0.39 is 0 Å². The fourth-order valence-electron chi connectivity index (χ4n) is 10.0. The number of epoxide rings is 1. The minimum atomic E-state index is -0.147. The van der Waals surface area contributed by atoms with Gasteiger partial charge in [0.05, 0.1) is 0 Å². The van der Waals surface area contributed by atoms with Gasteiger partial charge in [-0.15, -0.1) is 0 Å². The van der Waals surface area contributed by atoms with Crippen LogP contribution in [0.25, 0.3) is 0 Å². The molecule has 182 valence electrons. The minimum absolute atomic E-state index is 0.00240. The molecule has 4 aliphatic carbocycles. The average Bonchev–Trinajstić information content (AvgIpc) is 3.36. The lowest BCUT2D eigenvalue weighted by molar-refractivity contribution is -0.152. The summed E-state index contributed by atoms with van der Waals surface area (Å²) in [5.41, 5.74) is 0.833. The van der Waals surface area contributed by atoms with E-state index >= 15 is 0 Å². The van der Waals surface area contributed by atoms with Crippen molar-refractivity contribution < 1.29 is 14.3 Å². The van der Waals surface area contributed by atoms with E-state index in [-0.39, 0.29) is 29.2 Å². The second kappa shape index (κ2) is 7.99. The number of fused-ring (bicyclic) bond motifs is 4. The molecule has 0 radical (unpaired) electrons. The summed E-state index contributed by atoms with van der Waals surface area (Å²) >= 11 is 0. The number of hydrogen-bond donors (Lipinski definition) is 0. The molecule has 0 aromatic heterocycles. The van der Waals surface area contributed by atoms with Gasteiger partial charge in [-0.1, -0.05) is 53.9 Å². The molecular weight excluding hydrogens is 396 g/mol. The second-order valence-electron chi connectivity index (χ2n) is 13.5. The molecule has 0 amide bonds. The van der Waals surface area contributed by atoms with E-state index in [1.54, 1.807) is 6.92 Å². The van der Waals surface area contributed by atoms with Crippen LogP contribution in [0.3, 0.4) is 0 Å². The molecule has 0 unspecified atom stereocenters. The predicted octanol–water partition coefficient (Wildman–Crippen LogP) is 7.17. The molecule has 0 aromatic rings. The Morgan fingerprint density at radius 1 is 0.969 bits per heavy atom. The summed E-state index contributed by atoms with van der Waals surface area (Å²) in [6.45, 7) is 14.1. The van der Waals surface area contributed by atoms with E-state index in [0.717, 1.165) is 41.9 Å². The molecule has 1 heterocycles.